The van der Waals surface area contributed by atoms with E-state index in [-0.39, 0.29) is 18.5 Å². The van der Waals surface area contributed by atoms with E-state index in [4.69, 9.17) is 4.74 Å². The molecule has 1 amide bonds. The fraction of sp³-hybridized carbons (Fsp3) is 0.925. The van der Waals surface area contributed by atoms with E-state index in [0.29, 0.717) is 25.9 Å². The number of amides is 1. The summed E-state index contributed by atoms with van der Waals surface area (Å²) in [6.45, 7) is 4.99. The zero-order valence-corrected chi connectivity index (χ0v) is 58.6. The van der Waals surface area contributed by atoms with Crippen LogP contribution in [0.3, 0.4) is 0 Å². The first-order chi connectivity index (χ1) is 42.5. The molecule has 0 spiro atoms. The Morgan fingerprint density at radius 1 is 0.314 bits per heavy atom. The first-order valence-electron chi connectivity index (χ1n) is 39.6. The zero-order chi connectivity index (χ0) is 62.0. The van der Waals surface area contributed by atoms with Crippen LogP contribution in [-0.2, 0) is 14.3 Å². The molecule has 0 aliphatic heterocycles. The average Bonchev–Trinajstić information content (AvgIpc) is 3.55. The molecule has 2 unspecified atom stereocenters. The first kappa shape index (κ1) is 84.3. The van der Waals surface area contributed by atoms with Gasteiger partial charge in [-0.15, -0.1) is 0 Å². The van der Waals surface area contributed by atoms with Crippen LogP contribution >= 0.6 is 0 Å². The molecule has 0 bridgehead atoms. The molecule has 0 aliphatic carbocycles. The number of ether oxygens (including phenoxy) is 1. The van der Waals surface area contributed by atoms with Crippen molar-refractivity contribution >= 4 is 11.9 Å². The lowest BCUT2D eigenvalue weighted by atomic mass is 10.0. The third-order valence-corrected chi connectivity index (χ3v) is 18.7. The van der Waals surface area contributed by atoms with E-state index in [0.717, 1.165) is 44.9 Å². The van der Waals surface area contributed by atoms with Crippen molar-refractivity contribution in [1.82, 2.24) is 5.32 Å². The molecule has 2 atom stereocenters. The Kier molecular flexibility index (Phi) is 74.3. The van der Waals surface area contributed by atoms with Gasteiger partial charge in [-0.2, -0.15) is 0 Å². The van der Waals surface area contributed by atoms with Gasteiger partial charge in [-0.1, -0.05) is 385 Å². The summed E-state index contributed by atoms with van der Waals surface area (Å²) in [6, 6.07) is -0.539. The second-order valence-electron chi connectivity index (χ2n) is 27.4. The van der Waals surface area contributed by atoms with Crippen LogP contribution in [0, 0.1) is 0 Å². The zero-order valence-electron chi connectivity index (χ0n) is 58.6. The number of esters is 1. The number of allylic oxidation sites excluding steroid dienone is 4. The van der Waals surface area contributed by atoms with Crippen molar-refractivity contribution in [2.75, 3.05) is 13.2 Å². The molecule has 0 aliphatic rings. The van der Waals surface area contributed by atoms with E-state index in [1.807, 2.05) is 0 Å². The van der Waals surface area contributed by atoms with Crippen LogP contribution in [0.5, 0.6) is 0 Å². The number of unbranched alkanes of at least 4 members (excludes halogenated alkanes) is 60. The molecule has 3 N–H and O–H groups in total. The van der Waals surface area contributed by atoms with E-state index in [1.165, 1.54) is 372 Å². The van der Waals surface area contributed by atoms with E-state index in [2.05, 4.69) is 43.5 Å². The number of rotatable bonds is 75. The minimum Gasteiger partial charge on any atom is -0.466 e. The van der Waals surface area contributed by atoms with E-state index in [9.17, 15) is 19.8 Å². The highest BCUT2D eigenvalue weighted by molar-refractivity contribution is 5.76. The lowest BCUT2D eigenvalue weighted by Crippen LogP contribution is -2.45. The number of aliphatic hydroxyl groups is 2. The predicted molar refractivity (Wildman–Crippen MR) is 380 cm³/mol. The summed E-state index contributed by atoms with van der Waals surface area (Å²) in [5, 5.41) is 23.4. The summed E-state index contributed by atoms with van der Waals surface area (Å²) in [6.07, 6.45) is 97.0. The van der Waals surface area contributed by atoms with Crippen molar-refractivity contribution in [2.45, 2.75) is 463 Å². The van der Waals surface area contributed by atoms with E-state index in [1.54, 1.807) is 0 Å². The van der Waals surface area contributed by atoms with Gasteiger partial charge in [0.05, 0.1) is 25.4 Å². The summed E-state index contributed by atoms with van der Waals surface area (Å²) < 4.78 is 5.49. The Morgan fingerprint density at radius 3 is 0.826 bits per heavy atom. The monoisotopic (exact) mass is 1210 g/mol. The standard InChI is InChI=1S/C80H155NO5/c1-3-5-7-9-11-13-15-17-19-20-42-45-48-52-56-60-64-68-72-78(83)77(76-82)81-79(84)73-69-65-61-57-53-49-46-43-40-38-36-34-32-30-28-26-24-22-21-23-25-27-29-31-33-35-37-39-41-44-47-51-55-59-63-67-71-75-86-80(85)74-70-66-62-58-54-50-18-16-14-12-10-8-6-4-2/h16,18,21,23,77-78,82-83H,3-15,17,19-20,22,24-76H2,1-2H3,(H,81,84)/b18-16-,23-21-. The summed E-state index contributed by atoms with van der Waals surface area (Å²) in [5.41, 5.74) is 0. The molecule has 0 rings (SSSR count). The van der Waals surface area contributed by atoms with E-state index >= 15 is 0 Å². The highest BCUT2D eigenvalue weighted by Gasteiger charge is 2.20. The minimum absolute atomic E-state index is 0.0137. The molecule has 0 aromatic rings. The van der Waals surface area contributed by atoms with Crippen LogP contribution < -0.4 is 5.32 Å². The maximum atomic E-state index is 12.5. The second kappa shape index (κ2) is 75.8. The molecule has 86 heavy (non-hydrogen) atoms. The number of carbonyl (C=O) groups is 2. The van der Waals surface area contributed by atoms with Crippen LogP contribution in [0.4, 0.5) is 0 Å². The van der Waals surface area contributed by atoms with Crippen LogP contribution in [-0.4, -0.2) is 47.4 Å². The van der Waals surface area contributed by atoms with Crippen molar-refractivity contribution in [3.05, 3.63) is 24.3 Å². The van der Waals surface area contributed by atoms with Gasteiger partial charge >= 0.3 is 5.97 Å². The van der Waals surface area contributed by atoms with Gasteiger partial charge in [0, 0.05) is 12.8 Å². The van der Waals surface area contributed by atoms with Crippen LogP contribution in [0.25, 0.3) is 0 Å². The van der Waals surface area contributed by atoms with Crippen molar-refractivity contribution in [3.63, 3.8) is 0 Å². The molecule has 0 saturated carbocycles. The van der Waals surface area contributed by atoms with Gasteiger partial charge in [0.1, 0.15) is 0 Å². The van der Waals surface area contributed by atoms with Crippen molar-refractivity contribution in [2.24, 2.45) is 0 Å². The fourth-order valence-corrected chi connectivity index (χ4v) is 12.7. The van der Waals surface area contributed by atoms with Gasteiger partial charge in [0.2, 0.25) is 5.91 Å². The summed E-state index contributed by atoms with van der Waals surface area (Å²) in [5.74, 6) is -0.0127. The van der Waals surface area contributed by atoms with E-state index < -0.39 is 12.1 Å². The summed E-state index contributed by atoms with van der Waals surface area (Å²) in [4.78, 5) is 24.6. The first-order valence-corrected chi connectivity index (χ1v) is 39.6. The van der Waals surface area contributed by atoms with Gasteiger partial charge in [-0.3, -0.25) is 9.59 Å². The second-order valence-corrected chi connectivity index (χ2v) is 27.4. The number of hydrogen-bond donors (Lipinski definition) is 3. The van der Waals surface area contributed by atoms with Gasteiger partial charge in [-0.25, -0.2) is 0 Å². The van der Waals surface area contributed by atoms with Gasteiger partial charge in [-0.05, 0) is 77.0 Å². The Hall–Kier alpha value is -1.66. The fourth-order valence-electron chi connectivity index (χ4n) is 12.7. The molecule has 0 saturated heterocycles. The van der Waals surface area contributed by atoms with Gasteiger partial charge < -0.3 is 20.3 Å². The average molecular weight is 1210 g/mol. The molecular formula is C80H155NO5. The Balaban J connectivity index is 3.33. The lowest BCUT2D eigenvalue weighted by Gasteiger charge is -2.22. The number of hydrogen-bond acceptors (Lipinski definition) is 5. The number of aliphatic hydroxyl groups excluding tert-OH is 2. The maximum absolute atomic E-state index is 12.5. The minimum atomic E-state index is -0.662. The van der Waals surface area contributed by atoms with Crippen LogP contribution in [0.1, 0.15) is 450 Å². The smallest absolute Gasteiger partial charge is 0.305 e. The number of carbonyl (C=O) groups excluding carboxylic acids is 2. The Morgan fingerprint density at radius 2 is 0.547 bits per heavy atom. The quantitative estimate of drug-likeness (QED) is 0.0320. The van der Waals surface area contributed by atoms with Crippen molar-refractivity contribution < 1.29 is 24.5 Å². The highest BCUT2D eigenvalue weighted by Crippen LogP contribution is 2.20. The maximum Gasteiger partial charge on any atom is 0.305 e. The molecule has 6 nitrogen and oxygen atoms in total. The molecule has 510 valence electrons. The Bertz CT molecular complexity index is 1350. The third-order valence-electron chi connectivity index (χ3n) is 18.7. The van der Waals surface area contributed by atoms with Crippen molar-refractivity contribution in [3.8, 4) is 0 Å². The van der Waals surface area contributed by atoms with Gasteiger partial charge in [0.15, 0.2) is 0 Å². The summed E-state index contributed by atoms with van der Waals surface area (Å²) in [7, 11) is 0. The molecule has 0 fully saturated rings. The van der Waals surface area contributed by atoms with Crippen LogP contribution in [0.15, 0.2) is 24.3 Å². The molecule has 0 heterocycles. The highest BCUT2D eigenvalue weighted by atomic mass is 16.5. The molecule has 6 heteroatoms. The molecule has 0 aromatic carbocycles. The van der Waals surface area contributed by atoms with Gasteiger partial charge in [0.25, 0.3) is 0 Å². The summed E-state index contributed by atoms with van der Waals surface area (Å²) >= 11 is 0. The largest absolute Gasteiger partial charge is 0.466 e. The molecule has 0 aromatic heterocycles. The predicted octanol–water partition coefficient (Wildman–Crippen LogP) is 26.0. The SMILES string of the molecule is CCCCCCC/C=C\CCCCCCCC(=O)OCCCCCCCCCCCCCCCCCC/C=C\CCCCCCCCCCCCCCCCCCCC(=O)NC(CO)C(O)CCCCCCCCCCCCCCCCCCCC. The molecule has 0 radical (unpaired) electrons. The van der Waals surface area contributed by atoms with Crippen molar-refractivity contribution in [1.29, 1.82) is 0 Å². The topological polar surface area (TPSA) is 95.9 Å². The third kappa shape index (κ3) is 71.4. The van der Waals surface area contributed by atoms with Crippen LogP contribution in [0.2, 0.25) is 0 Å². The lowest BCUT2D eigenvalue weighted by molar-refractivity contribution is -0.143. The Labute approximate surface area is 539 Å². The normalized spacial score (nSPS) is 12.6. The molecular weight excluding hydrogens is 1050 g/mol. The number of nitrogens with one attached hydrogen (secondary N) is 1.